The fourth-order valence-electron chi connectivity index (χ4n) is 0.953. The molecule has 0 saturated carbocycles. The maximum Gasteiger partial charge on any atom is 0.155 e. The molecule has 0 heterocycles. The van der Waals surface area contributed by atoms with E-state index in [0.717, 1.165) is 13.0 Å². The Kier molecular flexibility index (Phi) is 7.45. The van der Waals surface area contributed by atoms with Crippen molar-refractivity contribution in [1.29, 1.82) is 0 Å². The van der Waals surface area contributed by atoms with Crippen LogP contribution in [0.5, 0.6) is 0 Å². The minimum Gasteiger partial charge on any atom is -0.385 e. The molecule has 0 spiro atoms. The molecule has 1 unspecified atom stereocenters. The number of rotatable bonds is 7. The number of methoxy groups -OCH3 is 1. The van der Waals surface area contributed by atoms with Gasteiger partial charge in [0.15, 0.2) is 6.29 Å². The van der Waals surface area contributed by atoms with Crippen molar-refractivity contribution in [2.75, 3.05) is 20.3 Å². The molecule has 12 heavy (non-hydrogen) atoms. The van der Waals surface area contributed by atoms with Crippen LogP contribution in [0.25, 0.3) is 0 Å². The summed E-state index contributed by atoms with van der Waals surface area (Å²) in [7, 11) is 1.69. The second-order valence-corrected chi connectivity index (χ2v) is 2.75. The molecule has 0 saturated heterocycles. The third-order valence-electron chi connectivity index (χ3n) is 1.55. The van der Waals surface area contributed by atoms with Gasteiger partial charge in [0.05, 0.1) is 6.10 Å². The van der Waals surface area contributed by atoms with Crippen LogP contribution in [-0.4, -0.2) is 32.7 Å². The van der Waals surface area contributed by atoms with Crippen LogP contribution in [0.1, 0.15) is 27.2 Å². The van der Waals surface area contributed by atoms with Gasteiger partial charge in [0, 0.05) is 20.3 Å². The van der Waals surface area contributed by atoms with Crippen molar-refractivity contribution in [2.24, 2.45) is 0 Å². The molecular weight excluding hydrogens is 156 g/mol. The van der Waals surface area contributed by atoms with Gasteiger partial charge in [-0.15, -0.1) is 0 Å². The Morgan fingerprint density at radius 2 is 1.92 bits per heavy atom. The molecular formula is C9H20O3. The number of hydrogen-bond donors (Lipinski definition) is 0. The Hall–Kier alpha value is -0.120. The molecule has 0 aliphatic carbocycles. The van der Waals surface area contributed by atoms with E-state index in [0.29, 0.717) is 6.61 Å². The van der Waals surface area contributed by atoms with E-state index in [-0.39, 0.29) is 12.4 Å². The molecule has 0 bridgehead atoms. The van der Waals surface area contributed by atoms with Gasteiger partial charge in [0.25, 0.3) is 0 Å². The molecule has 0 amide bonds. The van der Waals surface area contributed by atoms with Crippen LogP contribution < -0.4 is 0 Å². The summed E-state index contributed by atoms with van der Waals surface area (Å²) in [6.07, 6.45) is 1.00. The van der Waals surface area contributed by atoms with Crippen molar-refractivity contribution in [3.05, 3.63) is 0 Å². The molecule has 0 aliphatic rings. The Morgan fingerprint density at radius 3 is 2.42 bits per heavy atom. The van der Waals surface area contributed by atoms with Crippen LogP contribution in [-0.2, 0) is 14.2 Å². The maximum atomic E-state index is 5.49. The molecule has 0 N–H and O–H groups in total. The summed E-state index contributed by atoms with van der Waals surface area (Å²) in [6.45, 7) is 7.32. The van der Waals surface area contributed by atoms with Gasteiger partial charge in [0.2, 0.25) is 0 Å². The first-order valence-corrected chi connectivity index (χ1v) is 4.46. The van der Waals surface area contributed by atoms with Crippen LogP contribution in [0.15, 0.2) is 0 Å². The fraction of sp³-hybridized carbons (Fsp3) is 1.00. The Bertz CT molecular complexity index is 95.8. The van der Waals surface area contributed by atoms with Gasteiger partial charge in [-0.05, 0) is 27.2 Å². The summed E-state index contributed by atoms with van der Waals surface area (Å²) in [5.41, 5.74) is 0. The predicted molar refractivity (Wildman–Crippen MR) is 48.1 cm³/mol. The van der Waals surface area contributed by atoms with E-state index in [1.54, 1.807) is 7.11 Å². The van der Waals surface area contributed by atoms with E-state index in [4.69, 9.17) is 14.2 Å². The number of ether oxygens (including phenoxy) is 3. The maximum absolute atomic E-state index is 5.49. The normalized spacial score (nSPS) is 16.0. The molecule has 0 aromatic heterocycles. The lowest BCUT2D eigenvalue weighted by Gasteiger charge is -2.18. The lowest BCUT2D eigenvalue weighted by atomic mass is 10.3. The van der Waals surface area contributed by atoms with Gasteiger partial charge in [-0.2, -0.15) is 0 Å². The summed E-state index contributed by atoms with van der Waals surface area (Å²) < 4.78 is 15.7. The summed E-state index contributed by atoms with van der Waals surface area (Å²) in [6, 6.07) is 0. The van der Waals surface area contributed by atoms with Crippen molar-refractivity contribution >= 4 is 0 Å². The Morgan fingerprint density at radius 1 is 1.25 bits per heavy atom. The largest absolute Gasteiger partial charge is 0.385 e. The van der Waals surface area contributed by atoms with Crippen LogP contribution in [0.4, 0.5) is 0 Å². The van der Waals surface area contributed by atoms with Crippen molar-refractivity contribution in [1.82, 2.24) is 0 Å². The smallest absolute Gasteiger partial charge is 0.155 e. The van der Waals surface area contributed by atoms with E-state index in [1.165, 1.54) is 0 Å². The average Bonchev–Trinajstić information content (AvgIpc) is 2.01. The van der Waals surface area contributed by atoms with Crippen molar-refractivity contribution in [2.45, 2.75) is 39.6 Å². The van der Waals surface area contributed by atoms with Gasteiger partial charge < -0.3 is 14.2 Å². The molecule has 0 radical (unpaired) electrons. The van der Waals surface area contributed by atoms with Gasteiger partial charge in [-0.3, -0.25) is 0 Å². The minimum absolute atomic E-state index is 0.109. The monoisotopic (exact) mass is 176 g/mol. The highest BCUT2D eigenvalue weighted by Gasteiger charge is 2.07. The van der Waals surface area contributed by atoms with Crippen molar-refractivity contribution in [3.8, 4) is 0 Å². The van der Waals surface area contributed by atoms with Crippen molar-refractivity contribution in [3.63, 3.8) is 0 Å². The van der Waals surface area contributed by atoms with Gasteiger partial charge >= 0.3 is 0 Å². The summed E-state index contributed by atoms with van der Waals surface area (Å²) in [4.78, 5) is 0. The molecule has 74 valence electrons. The summed E-state index contributed by atoms with van der Waals surface area (Å²) in [5, 5.41) is 0. The third kappa shape index (κ3) is 6.58. The summed E-state index contributed by atoms with van der Waals surface area (Å²) >= 11 is 0. The standard InChI is InChI=1S/C9H20O3/c1-5-11-9(3)12-8(2)6-7-10-4/h8-9H,5-7H2,1-4H3/t8-,9?/m1/s1. The molecule has 0 aromatic carbocycles. The van der Waals surface area contributed by atoms with Gasteiger partial charge in [0.1, 0.15) is 0 Å². The van der Waals surface area contributed by atoms with E-state index >= 15 is 0 Å². The van der Waals surface area contributed by atoms with Crippen LogP contribution in [0.2, 0.25) is 0 Å². The highest BCUT2D eigenvalue weighted by molar-refractivity contribution is 4.49. The van der Waals surface area contributed by atoms with E-state index in [2.05, 4.69) is 0 Å². The highest BCUT2D eigenvalue weighted by Crippen LogP contribution is 2.03. The van der Waals surface area contributed by atoms with Crippen LogP contribution >= 0.6 is 0 Å². The quantitative estimate of drug-likeness (QED) is 0.554. The lowest BCUT2D eigenvalue weighted by molar-refractivity contribution is -0.156. The molecule has 0 aliphatic heterocycles. The molecule has 2 atom stereocenters. The van der Waals surface area contributed by atoms with Crippen LogP contribution in [0, 0.1) is 0 Å². The zero-order valence-corrected chi connectivity index (χ0v) is 8.50. The SMILES string of the molecule is CCOC(C)O[C@H](C)CCOC. The molecule has 0 fully saturated rings. The minimum atomic E-state index is -0.109. The first kappa shape index (κ1) is 11.9. The van der Waals surface area contributed by atoms with Crippen molar-refractivity contribution < 1.29 is 14.2 Å². The molecule has 3 nitrogen and oxygen atoms in total. The Balaban J connectivity index is 3.33. The first-order valence-electron chi connectivity index (χ1n) is 4.46. The number of hydrogen-bond acceptors (Lipinski definition) is 3. The first-order chi connectivity index (χ1) is 5.70. The zero-order chi connectivity index (χ0) is 9.40. The lowest BCUT2D eigenvalue weighted by Crippen LogP contribution is -2.20. The van der Waals surface area contributed by atoms with Crippen LogP contribution in [0.3, 0.4) is 0 Å². The van der Waals surface area contributed by atoms with Gasteiger partial charge in [-0.1, -0.05) is 0 Å². The van der Waals surface area contributed by atoms with Gasteiger partial charge in [-0.25, -0.2) is 0 Å². The Labute approximate surface area is 75.0 Å². The van der Waals surface area contributed by atoms with E-state index in [9.17, 15) is 0 Å². The summed E-state index contributed by atoms with van der Waals surface area (Å²) in [5.74, 6) is 0. The van der Waals surface area contributed by atoms with E-state index < -0.39 is 0 Å². The molecule has 3 heteroatoms. The second kappa shape index (κ2) is 7.53. The fourth-order valence-corrected chi connectivity index (χ4v) is 0.953. The van der Waals surface area contributed by atoms with E-state index in [1.807, 2.05) is 20.8 Å². The molecule has 0 rings (SSSR count). The zero-order valence-electron chi connectivity index (χ0n) is 8.50. The average molecular weight is 176 g/mol. The topological polar surface area (TPSA) is 27.7 Å². The molecule has 0 aromatic rings. The second-order valence-electron chi connectivity index (χ2n) is 2.75. The highest BCUT2D eigenvalue weighted by atomic mass is 16.7. The third-order valence-corrected chi connectivity index (χ3v) is 1.55. The predicted octanol–water partition coefficient (Wildman–Crippen LogP) is 1.81.